The smallest absolute Gasteiger partial charge is 0.230 e. The van der Waals surface area contributed by atoms with E-state index in [1.54, 1.807) is 6.92 Å². The zero-order chi connectivity index (χ0) is 18.3. The average Bonchev–Trinajstić information content (AvgIpc) is 2.57. The molecule has 1 rings (SSSR count). The maximum absolute atomic E-state index is 12.6. The number of nitrogens with one attached hydrogen (secondary N) is 1. The standard InChI is InChI=1S/C20H29NO3/c1-13(2)11-17(20(24)21-5)19(23)18(22)15(4)14(3)12-16-9-7-6-8-10-16/h6-10,13-15,17H,11-12H2,1-5H3,(H,21,24). The minimum absolute atomic E-state index is 0.0354. The fourth-order valence-electron chi connectivity index (χ4n) is 2.80. The molecule has 24 heavy (non-hydrogen) atoms. The summed E-state index contributed by atoms with van der Waals surface area (Å²) in [4.78, 5) is 37.1. The molecule has 3 atom stereocenters. The van der Waals surface area contributed by atoms with Gasteiger partial charge in [-0.2, -0.15) is 0 Å². The summed E-state index contributed by atoms with van der Waals surface area (Å²) in [6.07, 6.45) is 1.12. The molecule has 0 bridgehead atoms. The van der Waals surface area contributed by atoms with E-state index in [2.05, 4.69) is 5.32 Å². The van der Waals surface area contributed by atoms with Crippen molar-refractivity contribution in [2.45, 2.75) is 40.5 Å². The van der Waals surface area contributed by atoms with Crippen LogP contribution in [0.2, 0.25) is 0 Å². The van der Waals surface area contributed by atoms with E-state index >= 15 is 0 Å². The van der Waals surface area contributed by atoms with Crippen molar-refractivity contribution in [3.63, 3.8) is 0 Å². The summed E-state index contributed by atoms with van der Waals surface area (Å²) in [6, 6.07) is 9.91. The third kappa shape index (κ3) is 5.59. The van der Waals surface area contributed by atoms with Crippen molar-refractivity contribution < 1.29 is 14.4 Å². The molecule has 3 unspecified atom stereocenters. The molecule has 0 fully saturated rings. The lowest BCUT2D eigenvalue weighted by Gasteiger charge is -2.21. The maximum atomic E-state index is 12.6. The summed E-state index contributed by atoms with van der Waals surface area (Å²) in [5, 5.41) is 2.50. The van der Waals surface area contributed by atoms with E-state index in [0.717, 1.165) is 12.0 Å². The van der Waals surface area contributed by atoms with Crippen molar-refractivity contribution in [3.8, 4) is 0 Å². The van der Waals surface area contributed by atoms with Crippen LogP contribution in [0.1, 0.15) is 39.7 Å². The van der Waals surface area contributed by atoms with Crippen molar-refractivity contribution in [2.75, 3.05) is 7.05 Å². The first-order valence-corrected chi connectivity index (χ1v) is 8.61. The number of hydrogen-bond donors (Lipinski definition) is 1. The second-order valence-corrected chi connectivity index (χ2v) is 6.98. The Kier molecular flexibility index (Phi) is 7.83. The normalized spacial score (nSPS) is 14.8. The van der Waals surface area contributed by atoms with Crippen LogP contribution in [0.3, 0.4) is 0 Å². The quantitative estimate of drug-likeness (QED) is 0.559. The van der Waals surface area contributed by atoms with Crippen LogP contribution in [0, 0.1) is 23.7 Å². The molecular formula is C20H29NO3. The van der Waals surface area contributed by atoms with E-state index in [0.29, 0.717) is 6.42 Å². The van der Waals surface area contributed by atoms with Crippen molar-refractivity contribution in [3.05, 3.63) is 35.9 Å². The third-order valence-corrected chi connectivity index (χ3v) is 4.50. The van der Waals surface area contributed by atoms with E-state index in [4.69, 9.17) is 0 Å². The molecular weight excluding hydrogens is 302 g/mol. The fourth-order valence-corrected chi connectivity index (χ4v) is 2.80. The number of benzene rings is 1. The highest BCUT2D eigenvalue weighted by atomic mass is 16.2. The lowest BCUT2D eigenvalue weighted by molar-refractivity contribution is -0.145. The van der Waals surface area contributed by atoms with Crippen molar-refractivity contribution in [2.24, 2.45) is 23.7 Å². The molecule has 0 spiro atoms. The first kappa shape index (κ1) is 20.1. The molecule has 0 saturated heterocycles. The minimum atomic E-state index is -0.881. The largest absolute Gasteiger partial charge is 0.359 e. The van der Waals surface area contributed by atoms with Crippen LogP contribution >= 0.6 is 0 Å². The Morgan fingerprint density at radius 2 is 1.54 bits per heavy atom. The zero-order valence-electron chi connectivity index (χ0n) is 15.3. The molecule has 1 amide bonds. The van der Waals surface area contributed by atoms with Gasteiger partial charge in [0.05, 0.1) is 0 Å². The lowest BCUT2D eigenvalue weighted by atomic mass is 9.81. The van der Waals surface area contributed by atoms with Gasteiger partial charge in [0.2, 0.25) is 17.5 Å². The van der Waals surface area contributed by atoms with Crippen LogP contribution in [-0.4, -0.2) is 24.5 Å². The zero-order valence-corrected chi connectivity index (χ0v) is 15.3. The summed E-state index contributed by atoms with van der Waals surface area (Å²) in [5.41, 5.74) is 1.14. The third-order valence-electron chi connectivity index (χ3n) is 4.50. The lowest BCUT2D eigenvalue weighted by Crippen LogP contribution is -2.40. The number of carbonyl (C=O) groups excluding carboxylic acids is 3. The van der Waals surface area contributed by atoms with Gasteiger partial charge in [0.1, 0.15) is 5.92 Å². The molecule has 0 heterocycles. The van der Waals surface area contributed by atoms with Crippen LogP contribution < -0.4 is 5.32 Å². The van der Waals surface area contributed by atoms with E-state index in [9.17, 15) is 14.4 Å². The van der Waals surface area contributed by atoms with Crippen molar-refractivity contribution in [1.29, 1.82) is 0 Å². The highest BCUT2D eigenvalue weighted by molar-refractivity contribution is 6.41. The van der Waals surface area contributed by atoms with Crippen molar-refractivity contribution in [1.82, 2.24) is 5.32 Å². The van der Waals surface area contributed by atoms with Crippen LogP contribution in [-0.2, 0) is 20.8 Å². The van der Waals surface area contributed by atoms with Gasteiger partial charge in [0.25, 0.3) is 0 Å². The number of rotatable bonds is 9. The molecule has 0 saturated carbocycles. The molecule has 1 aromatic rings. The van der Waals surface area contributed by atoms with Crippen LogP contribution in [0.25, 0.3) is 0 Å². The molecule has 4 heteroatoms. The molecule has 0 aromatic heterocycles. The molecule has 132 valence electrons. The molecule has 0 aliphatic rings. The van der Waals surface area contributed by atoms with E-state index in [1.807, 2.05) is 51.1 Å². The summed E-state index contributed by atoms with van der Waals surface area (Å²) >= 11 is 0. The van der Waals surface area contributed by atoms with Gasteiger partial charge in [-0.25, -0.2) is 0 Å². The highest BCUT2D eigenvalue weighted by Gasteiger charge is 2.35. The first-order chi connectivity index (χ1) is 11.3. The SMILES string of the molecule is CNC(=O)C(CC(C)C)C(=O)C(=O)C(C)C(C)Cc1ccccc1. The van der Waals surface area contributed by atoms with E-state index in [1.165, 1.54) is 7.05 Å². The molecule has 0 radical (unpaired) electrons. The Labute approximate surface area is 145 Å². The number of ketones is 2. The molecule has 1 N–H and O–H groups in total. The summed E-state index contributed by atoms with van der Waals surface area (Å²) in [5.74, 6) is -2.45. The van der Waals surface area contributed by atoms with Gasteiger partial charge >= 0.3 is 0 Å². The predicted molar refractivity (Wildman–Crippen MR) is 95.5 cm³/mol. The fraction of sp³-hybridized carbons (Fsp3) is 0.550. The summed E-state index contributed by atoms with van der Waals surface area (Å²) in [7, 11) is 1.49. The average molecular weight is 331 g/mol. The second-order valence-electron chi connectivity index (χ2n) is 6.98. The van der Waals surface area contributed by atoms with Gasteiger partial charge in [0.15, 0.2) is 0 Å². The predicted octanol–water partition coefficient (Wildman–Crippen LogP) is 3.05. The number of Topliss-reactive ketones (excluding diaryl/α,β-unsaturated/α-hetero) is 2. The monoisotopic (exact) mass is 331 g/mol. The van der Waals surface area contributed by atoms with Gasteiger partial charge < -0.3 is 5.32 Å². The number of amides is 1. The second kappa shape index (κ2) is 9.36. The van der Waals surface area contributed by atoms with Gasteiger partial charge in [-0.05, 0) is 30.2 Å². The maximum Gasteiger partial charge on any atom is 0.230 e. The molecule has 1 aromatic carbocycles. The Morgan fingerprint density at radius 3 is 2.04 bits per heavy atom. The Balaban J connectivity index is 2.80. The van der Waals surface area contributed by atoms with Gasteiger partial charge in [-0.15, -0.1) is 0 Å². The molecule has 0 aliphatic heterocycles. The number of hydrogen-bond acceptors (Lipinski definition) is 3. The molecule has 4 nitrogen and oxygen atoms in total. The van der Waals surface area contributed by atoms with E-state index in [-0.39, 0.29) is 17.7 Å². The number of carbonyl (C=O) groups is 3. The van der Waals surface area contributed by atoms with Crippen molar-refractivity contribution >= 4 is 17.5 Å². The van der Waals surface area contributed by atoms with Gasteiger partial charge in [0, 0.05) is 13.0 Å². The summed E-state index contributed by atoms with van der Waals surface area (Å²) in [6.45, 7) is 7.63. The Bertz CT molecular complexity index is 566. The molecule has 0 aliphatic carbocycles. The van der Waals surface area contributed by atoms with Crippen LogP contribution in [0.5, 0.6) is 0 Å². The highest BCUT2D eigenvalue weighted by Crippen LogP contribution is 2.22. The van der Waals surface area contributed by atoms with Gasteiger partial charge in [-0.3, -0.25) is 14.4 Å². The van der Waals surface area contributed by atoms with Crippen LogP contribution in [0.15, 0.2) is 30.3 Å². The Morgan fingerprint density at radius 1 is 0.958 bits per heavy atom. The summed E-state index contributed by atoms with van der Waals surface area (Å²) < 4.78 is 0. The van der Waals surface area contributed by atoms with Gasteiger partial charge in [-0.1, -0.05) is 58.0 Å². The minimum Gasteiger partial charge on any atom is -0.359 e. The van der Waals surface area contributed by atoms with Crippen LogP contribution in [0.4, 0.5) is 0 Å². The Hall–Kier alpha value is -1.97. The topological polar surface area (TPSA) is 63.2 Å². The van der Waals surface area contributed by atoms with E-state index < -0.39 is 23.4 Å². The first-order valence-electron chi connectivity index (χ1n) is 8.61.